The van der Waals surface area contributed by atoms with Crippen molar-refractivity contribution in [2.45, 2.75) is 37.6 Å². The van der Waals surface area contributed by atoms with Crippen LogP contribution in [0.25, 0.3) is 11.3 Å². The maximum Gasteiger partial charge on any atom is 0.348 e. The van der Waals surface area contributed by atoms with Gasteiger partial charge in [0.25, 0.3) is 0 Å². The topological polar surface area (TPSA) is 78.3 Å². The van der Waals surface area contributed by atoms with E-state index in [9.17, 15) is 13.2 Å². The molecule has 0 unspecified atom stereocenters. The second kappa shape index (κ2) is 5.42. The molecular weight excluding hydrogens is 348 g/mol. The second-order valence-electron chi connectivity index (χ2n) is 6.66. The number of nitrogens with zero attached hydrogens (tertiary/aromatic N) is 2. The number of ether oxygens (including phenoxy) is 1. The smallest absolute Gasteiger partial charge is 0.348 e. The average molecular weight is 368 g/mol. The zero-order valence-corrected chi connectivity index (χ0v) is 16.0. The Labute approximate surface area is 145 Å². The summed E-state index contributed by atoms with van der Waals surface area (Å²) < 4.78 is 31.1. The van der Waals surface area contributed by atoms with E-state index >= 15 is 0 Å². The van der Waals surface area contributed by atoms with Crippen LogP contribution in [0.4, 0.5) is 0 Å². The van der Waals surface area contributed by atoms with Crippen molar-refractivity contribution < 1.29 is 17.9 Å². The van der Waals surface area contributed by atoms with E-state index in [0.717, 1.165) is 22.4 Å². The Morgan fingerprint density at radius 2 is 2.12 bits per heavy atom. The van der Waals surface area contributed by atoms with Crippen LogP contribution in [0, 0.1) is 0 Å². The lowest BCUT2D eigenvalue weighted by atomic mass is 9.73. The summed E-state index contributed by atoms with van der Waals surface area (Å²) in [6.07, 6.45) is 1.75. The first kappa shape index (κ1) is 17.2. The van der Waals surface area contributed by atoms with E-state index in [0.29, 0.717) is 17.9 Å². The standard InChI is InChI=1S/C16H20N2O4S2/c1-6-22-15(19)13-9-7-16(2,3)11-12(10(9)8-23-13)18(4)17-14(11)24(5,20)21/h8H,6-7H2,1-5H3. The van der Waals surface area contributed by atoms with E-state index in [1.807, 2.05) is 19.2 Å². The van der Waals surface area contributed by atoms with E-state index in [1.165, 1.54) is 17.6 Å². The van der Waals surface area contributed by atoms with Crippen LogP contribution in [0.15, 0.2) is 10.4 Å². The number of carbonyl (C=O) groups is 1. The van der Waals surface area contributed by atoms with Crippen LogP contribution in [-0.4, -0.2) is 37.0 Å². The minimum Gasteiger partial charge on any atom is -0.462 e. The Morgan fingerprint density at radius 1 is 1.46 bits per heavy atom. The number of hydrogen-bond donors (Lipinski definition) is 0. The molecular formula is C16H20N2O4S2. The van der Waals surface area contributed by atoms with Crippen molar-refractivity contribution in [2.75, 3.05) is 12.9 Å². The van der Waals surface area contributed by atoms with Crippen molar-refractivity contribution in [1.29, 1.82) is 0 Å². The van der Waals surface area contributed by atoms with Crippen molar-refractivity contribution >= 4 is 27.1 Å². The fourth-order valence-corrected chi connectivity index (χ4v) is 5.32. The van der Waals surface area contributed by atoms with Crippen LogP contribution in [0.1, 0.15) is 41.6 Å². The Hall–Kier alpha value is -1.67. The van der Waals surface area contributed by atoms with Gasteiger partial charge in [0.1, 0.15) is 4.88 Å². The highest BCUT2D eigenvalue weighted by Gasteiger charge is 2.41. The van der Waals surface area contributed by atoms with Gasteiger partial charge in [-0.1, -0.05) is 13.8 Å². The molecule has 0 bridgehead atoms. The van der Waals surface area contributed by atoms with Crippen LogP contribution in [-0.2, 0) is 33.5 Å². The number of carbonyl (C=O) groups excluding carboxylic acids is 1. The number of thiophene rings is 1. The average Bonchev–Trinajstić information content (AvgIpc) is 2.99. The van der Waals surface area contributed by atoms with E-state index < -0.39 is 15.3 Å². The first-order chi connectivity index (χ1) is 11.1. The molecule has 0 spiro atoms. The maximum absolute atomic E-state index is 12.2. The number of aryl methyl sites for hydroxylation is 1. The second-order valence-corrected chi connectivity index (χ2v) is 9.47. The molecule has 1 aliphatic rings. The minimum absolute atomic E-state index is 0.125. The minimum atomic E-state index is -3.44. The highest BCUT2D eigenvalue weighted by Crippen LogP contribution is 2.48. The van der Waals surface area contributed by atoms with Gasteiger partial charge in [0.15, 0.2) is 14.9 Å². The summed E-state index contributed by atoms with van der Waals surface area (Å²) in [5.41, 5.74) is 2.85. The molecule has 0 aromatic carbocycles. The molecule has 0 radical (unpaired) electrons. The summed E-state index contributed by atoms with van der Waals surface area (Å²) in [6, 6.07) is 0. The van der Waals surface area contributed by atoms with Gasteiger partial charge in [-0.3, -0.25) is 4.68 Å². The highest BCUT2D eigenvalue weighted by molar-refractivity contribution is 7.90. The van der Waals surface area contributed by atoms with Gasteiger partial charge >= 0.3 is 5.97 Å². The quantitative estimate of drug-likeness (QED) is 0.778. The molecule has 8 heteroatoms. The molecule has 1 aliphatic carbocycles. The molecule has 6 nitrogen and oxygen atoms in total. The predicted octanol–water partition coefficient (Wildman–Crippen LogP) is 2.56. The molecule has 24 heavy (non-hydrogen) atoms. The Bertz CT molecular complexity index is 936. The Balaban J connectivity index is 2.29. The maximum atomic E-state index is 12.2. The van der Waals surface area contributed by atoms with Crippen molar-refractivity contribution in [2.24, 2.45) is 7.05 Å². The summed E-state index contributed by atoms with van der Waals surface area (Å²) in [4.78, 5) is 12.8. The van der Waals surface area contributed by atoms with Gasteiger partial charge in [0.05, 0.1) is 12.3 Å². The molecule has 0 amide bonds. The number of hydrogen-bond acceptors (Lipinski definition) is 6. The van der Waals surface area contributed by atoms with Crippen molar-refractivity contribution in [3.05, 3.63) is 21.4 Å². The Kier molecular flexibility index (Phi) is 3.88. The summed E-state index contributed by atoms with van der Waals surface area (Å²) >= 11 is 1.34. The number of aromatic nitrogens is 2. The normalized spacial score (nSPS) is 15.7. The number of rotatable bonds is 3. The number of fused-ring (bicyclic) bond motifs is 3. The van der Waals surface area contributed by atoms with Crippen molar-refractivity contribution in [1.82, 2.24) is 9.78 Å². The highest BCUT2D eigenvalue weighted by atomic mass is 32.2. The molecule has 0 atom stereocenters. The molecule has 0 saturated carbocycles. The first-order valence-corrected chi connectivity index (χ1v) is 10.4. The first-order valence-electron chi connectivity index (χ1n) is 7.63. The lowest BCUT2D eigenvalue weighted by molar-refractivity contribution is 0.0530. The third-order valence-corrected chi connectivity index (χ3v) is 6.26. The van der Waals surface area contributed by atoms with E-state index in [1.54, 1.807) is 18.7 Å². The third-order valence-electron chi connectivity index (χ3n) is 4.27. The molecule has 0 aliphatic heterocycles. The van der Waals surface area contributed by atoms with Gasteiger partial charge in [-0.15, -0.1) is 11.3 Å². The van der Waals surface area contributed by atoms with Gasteiger partial charge in [-0.25, -0.2) is 13.2 Å². The largest absolute Gasteiger partial charge is 0.462 e. The third kappa shape index (κ3) is 2.48. The van der Waals surface area contributed by atoms with E-state index in [4.69, 9.17) is 4.74 Å². The molecule has 2 aromatic rings. The molecule has 3 rings (SSSR count). The summed E-state index contributed by atoms with van der Waals surface area (Å²) in [7, 11) is -1.70. The number of esters is 1. The monoisotopic (exact) mass is 368 g/mol. The van der Waals surface area contributed by atoms with Crippen LogP contribution >= 0.6 is 11.3 Å². The van der Waals surface area contributed by atoms with Gasteiger partial charge in [0, 0.05) is 29.8 Å². The van der Waals surface area contributed by atoms with Gasteiger partial charge in [-0.05, 0) is 24.3 Å². The molecule has 0 N–H and O–H groups in total. The lowest BCUT2D eigenvalue weighted by Gasteiger charge is -2.31. The zero-order chi connectivity index (χ0) is 17.9. The van der Waals surface area contributed by atoms with Gasteiger partial charge in [0.2, 0.25) is 0 Å². The summed E-state index contributed by atoms with van der Waals surface area (Å²) in [5.74, 6) is -0.325. The number of sulfone groups is 1. The molecule has 2 heterocycles. The zero-order valence-electron chi connectivity index (χ0n) is 14.3. The van der Waals surface area contributed by atoms with E-state index in [-0.39, 0.29) is 11.0 Å². The molecule has 130 valence electrons. The van der Waals surface area contributed by atoms with Crippen LogP contribution < -0.4 is 0 Å². The fourth-order valence-electron chi connectivity index (χ4n) is 3.33. The van der Waals surface area contributed by atoms with Crippen LogP contribution in [0.5, 0.6) is 0 Å². The van der Waals surface area contributed by atoms with Crippen molar-refractivity contribution in [3.8, 4) is 11.3 Å². The van der Waals surface area contributed by atoms with Gasteiger partial charge in [-0.2, -0.15) is 5.10 Å². The predicted molar refractivity (Wildman–Crippen MR) is 92.3 cm³/mol. The fraction of sp³-hybridized carbons (Fsp3) is 0.500. The molecule has 2 aromatic heterocycles. The van der Waals surface area contributed by atoms with Crippen LogP contribution in [0.2, 0.25) is 0 Å². The Morgan fingerprint density at radius 3 is 2.71 bits per heavy atom. The summed E-state index contributed by atoms with van der Waals surface area (Å²) in [6.45, 7) is 6.07. The lowest BCUT2D eigenvalue weighted by Crippen LogP contribution is -2.27. The van der Waals surface area contributed by atoms with Gasteiger partial charge < -0.3 is 4.74 Å². The SMILES string of the molecule is CCOC(=O)c1scc2c1CC(C)(C)c1c(S(C)(=O)=O)nn(C)c1-2. The van der Waals surface area contributed by atoms with Crippen molar-refractivity contribution in [3.63, 3.8) is 0 Å². The molecule has 0 fully saturated rings. The molecule has 0 saturated heterocycles. The summed E-state index contributed by atoms with van der Waals surface area (Å²) in [5, 5.41) is 6.28. The van der Waals surface area contributed by atoms with E-state index in [2.05, 4.69) is 5.10 Å². The van der Waals surface area contributed by atoms with Crippen LogP contribution in [0.3, 0.4) is 0 Å².